The van der Waals surface area contributed by atoms with Crippen molar-refractivity contribution in [1.82, 2.24) is 14.8 Å². The third-order valence-corrected chi connectivity index (χ3v) is 6.45. The van der Waals surface area contributed by atoms with Gasteiger partial charge in [-0.2, -0.15) is 0 Å². The maximum absolute atomic E-state index is 12.8. The van der Waals surface area contributed by atoms with Crippen LogP contribution in [-0.4, -0.2) is 26.4 Å². The average Bonchev–Trinajstić information content (AvgIpc) is 3.19. The minimum Gasteiger partial charge on any atom is -0.325 e. The average molecular weight is 477 g/mol. The first-order valence-electron chi connectivity index (χ1n) is 10.6. The van der Waals surface area contributed by atoms with Gasteiger partial charge in [0.1, 0.15) is 0 Å². The number of carbonyl (C=O) groups excluding carboxylic acids is 1. The SMILES string of the molecule is Cc1cccc(-c2nnc(SCC(=O)Nc3c(C)cc(C)cc3C)n2-c2ccc(Cl)cc2)c1. The van der Waals surface area contributed by atoms with Gasteiger partial charge >= 0.3 is 0 Å². The monoisotopic (exact) mass is 476 g/mol. The minimum absolute atomic E-state index is 0.0854. The number of anilines is 1. The number of halogens is 1. The Morgan fingerprint density at radius 1 is 0.939 bits per heavy atom. The number of nitrogens with zero attached hydrogens (tertiary/aromatic N) is 3. The van der Waals surface area contributed by atoms with Gasteiger partial charge in [-0.25, -0.2) is 0 Å². The molecule has 0 aliphatic heterocycles. The molecular weight excluding hydrogens is 452 g/mol. The van der Waals surface area contributed by atoms with Crippen molar-refractivity contribution in [3.63, 3.8) is 0 Å². The summed E-state index contributed by atoms with van der Waals surface area (Å²) in [5, 5.41) is 13.2. The number of benzene rings is 3. The van der Waals surface area contributed by atoms with Crippen LogP contribution in [0.15, 0.2) is 65.8 Å². The van der Waals surface area contributed by atoms with E-state index in [1.54, 1.807) is 0 Å². The molecule has 7 heteroatoms. The smallest absolute Gasteiger partial charge is 0.234 e. The number of thioether (sulfide) groups is 1. The van der Waals surface area contributed by atoms with Gasteiger partial charge in [0, 0.05) is 22.0 Å². The number of rotatable bonds is 6. The second-order valence-electron chi connectivity index (χ2n) is 8.10. The van der Waals surface area contributed by atoms with Crippen LogP contribution in [0.2, 0.25) is 5.02 Å². The summed E-state index contributed by atoms with van der Waals surface area (Å²) in [6, 6.07) is 19.8. The summed E-state index contributed by atoms with van der Waals surface area (Å²) in [5.41, 5.74) is 7.13. The van der Waals surface area contributed by atoms with Crippen molar-refractivity contribution in [1.29, 1.82) is 0 Å². The van der Waals surface area contributed by atoms with Gasteiger partial charge in [-0.05, 0) is 69.2 Å². The van der Waals surface area contributed by atoms with Gasteiger partial charge in [0.05, 0.1) is 5.75 Å². The lowest BCUT2D eigenvalue weighted by molar-refractivity contribution is -0.113. The highest BCUT2D eigenvalue weighted by Crippen LogP contribution is 2.29. The number of aromatic nitrogens is 3. The van der Waals surface area contributed by atoms with E-state index >= 15 is 0 Å². The molecule has 168 valence electrons. The molecule has 0 saturated carbocycles. The Bertz CT molecular complexity index is 1290. The van der Waals surface area contributed by atoms with E-state index in [1.807, 2.05) is 67.8 Å². The lowest BCUT2D eigenvalue weighted by atomic mass is 10.1. The number of aryl methyl sites for hydroxylation is 4. The van der Waals surface area contributed by atoms with Gasteiger partial charge < -0.3 is 5.32 Å². The molecule has 1 amide bonds. The summed E-state index contributed by atoms with van der Waals surface area (Å²) >= 11 is 7.46. The van der Waals surface area contributed by atoms with Gasteiger partial charge in [0.2, 0.25) is 5.91 Å². The fourth-order valence-electron chi connectivity index (χ4n) is 3.84. The van der Waals surface area contributed by atoms with Crippen LogP contribution in [0.25, 0.3) is 17.1 Å². The number of nitrogens with one attached hydrogen (secondary N) is 1. The van der Waals surface area contributed by atoms with E-state index in [9.17, 15) is 4.79 Å². The molecule has 33 heavy (non-hydrogen) atoms. The standard InChI is InChI=1S/C26H25ClN4OS/c1-16-6-5-7-20(14-16)25-29-30-26(31(25)22-10-8-21(27)9-11-22)33-15-23(32)28-24-18(3)12-17(2)13-19(24)4/h5-14H,15H2,1-4H3,(H,28,32). The summed E-state index contributed by atoms with van der Waals surface area (Å²) in [6.07, 6.45) is 0. The molecule has 5 nitrogen and oxygen atoms in total. The van der Waals surface area contributed by atoms with Crippen LogP contribution < -0.4 is 5.32 Å². The van der Waals surface area contributed by atoms with Crippen molar-refractivity contribution in [2.75, 3.05) is 11.1 Å². The van der Waals surface area contributed by atoms with E-state index in [0.29, 0.717) is 16.0 Å². The van der Waals surface area contributed by atoms with Gasteiger partial charge in [-0.15, -0.1) is 10.2 Å². The third-order valence-electron chi connectivity index (χ3n) is 5.27. The highest BCUT2D eigenvalue weighted by Gasteiger charge is 2.18. The Kier molecular flexibility index (Phi) is 6.86. The number of hydrogen-bond donors (Lipinski definition) is 1. The Morgan fingerprint density at radius 2 is 1.64 bits per heavy atom. The van der Waals surface area contributed by atoms with Gasteiger partial charge in [0.15, 0.2) is 11.0 Å². The molecule has 0 unspecified atom stereocenters. The Morgan fingerprint density at radius 3 is 2.30 bits per heavy atom. The lowest BCUT2D eigenvalue weighted by Crippen LogP contribution is -2.16. The first kappa shape index (κ1) is 23.1. The molecule has 0 atom stereocenters. The molecular formula is C26H25ClN4OS. The minimum atomic E-state index is -0.0854. The first-order valence-corrected chi connectivity index (χ1v) is 12.0. The van der Waals surface area contributed by atoms with Crippen molar-refractivity contribution in [3.05, 3.63) is 87.9 Å². The fourth-order valence-corrected chi connectivity index (χ4v) is 4.72. The number of hydrogen-bond acceptors (Lipinski definition) is 4. The van der Waals surface area contributed by atoms with E-state index in [1.165, 1.54) is 17.3 Å². The van der Waals surface area contributed by atoms with Crippen molar-refractivity contribution < 1.29 is 4.79 Å². The van der Waals surface area contributed by atoms with Crippen LogP contribution in [0.5, 0.6) is 0 Å². The molecule has 0 spiro atoms. The van der Waals surface area contributed by atoms with E-state index in [0.717, 1.165) is 33.6 Å². The molecule has 0 aliphatic carbocycles. The Hall–Kier alpha value is -3.09. The second kappa shape index (κ2) is 9.81. The van der Waals surface area contributed by atoms with Gasteiger partial charge in [-0.3, -0.25) is 9.36 Å². The fraction of sp³-hybridized carbons (Fsp3) is 0.192. The molecule has 4 aromatic rings. The van der Waals surface area contributed by atoms with Crippen molar-refractivity contribution in [2.24, 2.45) is 0 Å². The predicted octanol–water partition coefficient (Wildman–Crippen LogP) is 6.55. The molecule has 3 aromatic carbocycles. The maximum Gasteiger partial charge on any atom is 0.234 e. The Balaban J connectivity index is 1.61. The van der Waals surface area contributed by atoms with Gasteiger partial charge in [-0.1, -0.05) is 64.8 Å². The highest BCUT2D eigenvalue weighted by molar-refractivity contribution is 7.99. The zero-order chi connectivity index (χ0) is 23.5. The van der Waals surface area contributed by atoms with Crippen LogP contribution in [-0.2, 0) is 4.79 Å². The summed E-state index contributed by atoms with van der Waals surface area (Å²) in [4.78, 5) is 12.8. The number of amides is 1. The summed E-state index contributed by atoms with van der Waals surface area (Å²) < 4.78 is 1.96. The van der Waals surface area contributed by atoms with Crippen LogP contribution in [0.4, 0.5) is 5.69 Å². The molecule has 1 heterocycles. The molecule has 0 saturated heterocycles. The van der Waals surface area contributed by atoms with Crippen LogP contribution in [0, 0.1) is 27.7 Å². The predicted molar refractivity (Wildman–Crippen MR) is 137 cm³/mol. The summed E-state index contributed by atoms with van der Waals surface area (Å²) in [6.45, 7) is 8.11. The summed E-state index contributed by atoms with van der Waals surface area (Å²) in [7, 11) is 0. The molecule has 0 bridgehead atoms. The zero-order valence-corrected chi connectivity index (χ0v) is 20.6. The topological polar surface area (TPSA) is 59.8 Å². The highest BCUT2D eigenvalue weighted by atomic mass is 35.5. The normalized spacial score (nSPS) is 10.9. The largest absolute Gasteiger partial charge is 0.325 e. The maximum atomic E-state index is 12.8. The van der Waals surface area contributed by atoms with E-state index in [4.69, 9.17) is 11.6 Å². The van der Waals surface area contributed by atoms with Crippen LogP contribution >= 0.6 is 23.4 Å². The van der Waals surface area contributed by atoms with E-state index in [-0.39, 0.29) is 11.7 Å². The molecule has 1 aromatic heterocycles. The Labute approximate surface area is 203 Å². The quantitative estimate of drug-likeness (QED) is 0.320. The third kappa shape index (κ3) is 5.29. The van der Waals surface area contributed by atoms with Crippen molar-refractivity contribution in [3.8, 4) is 17.1 Å². The molecule has 1 N–H and O–H groups in total. The molecule has 0 radical (unpaired) electrons. The zero-order valence-electron chi connectivity index (χ0n) is 19.0. The van der Waals surface area contributed by atoms with E-state index < -0.39 is 0 Å². The second-order valence-corrected chi connectivity index (χ2v) is 9.48. The van der Waals surface area contributed by atoms with Crippen molar-refractivity contribution in [2.45, 2.75) is 32.9 Å². The van der Waals surface area contributed by atoms with Crippen molar-refractivity contribution >= 4 is 35.0 Å². The summed E-state index contributed by atoms with van der Waals surface area (Å²) in [5.74, 6) is 0.846. The van der Waals surface area contributed by atoms with Gasteiger partial charge in [0.25, 0.3) is 0 Å². The molecule has 0 fully saturated rings. The lowest BCUT2D eigenvalue weighted by Gasteiger charge is -2.13. The van der Waals surface area contributed by atoms with E-state index in [2.05, 4.69) is 40.6 Å². The first-order chi connectivity index (χ1) is 15.8. The van der Waals surface area contributed by atoms with Crippen LogP contribution in [0.3, 0.4) is 0 Å². The number of carbonyl (C=O) groups is 1. The molecule has 4 rings (SSSR count). The molecule has 0 aliphatic rings. The van der Waals surface area contributed by atoms with Crippen LogP contribution in [0.1, 0.15) is 22.3 Å².